The van der Waals surface area contributed by atoms with Gasteiger partial charge in [0.15, 0.2) is 0 Å². The highest BCUT2D eigenvalue weighted by molar-refractivity contribution is 8.03. The maximum absolute atomic E-state index is 10.1. The molecule has 0 spiro atoms. The Balaban J connectivity index is 2.12. The third-order valence-electron chi connectivity index (χ3n) is 2.59. The van der Waals surface area contributed by atoms with Gasteiger partial charge in [-0.15, -0.1) is 11.8 Å². The van der Waals surface area contributed by atoms with Crippen LogP contribution in [0, 0.1) is 0 Å². The summed E-state index contributed by atoms with van der Waals surface area (Å²) < 4.78 is 0. The minimum Gasteiger partial charge on any atom is -0.385 e. The van der Waals surface area contributed by atoms with Gasteiger partial charge < -0.3 is 5.11 Å². The second kappa shape index (κ2) is 2.83. The minimum atomic E-state index is -0.402. The van der Waals surface area contributed by atoms with E-state index in [1.165, 1.54) is 23.5 Å². The minimum absolute atomic E-state index is 0.402. The van der Waals surface area contributed by atoms with Gasteiger partial charge in [0.1, 0.15) is 0 Å². The van der Waals surface area contributed by atoms with E-state index in [0.717, 1.165) is 19.3 Å². The molecule has 1 fully saturated rings. The Bertz CT molecular complexity index is 180. The molecule has 11 heavy (non-hydrogen) atoms. The van der Waals surface area contributed by atoms with Gasteiger partial charge in [-0.2, -0.15) is 0 Å². The van der Waals surface area contributed by atoms with E-state index in [1.54, 1.807) is 0 Å². The van der Waals surface area contributed by atoms with E-state index in [1.807, 2.05) is 11.8 Å². The van der Waals surface area contributed by atoms with Gasteiger partial charge in [0, 0.05) is 10.7 Å². The van der Waals surface area contributed by atoms with Crippen LogP contribution in [0.5, 0.6) is 0 Å². The topological polar surface area (TPSA) is 20.2 Å². The summed E-state index contributed by atoms with van der Waals surface area (Å²) in [6.07, 6.45) is 7.76. The monoisotopic (exact) mass is 170 g/mol. The smallest absolute Gasteiger partial charge is 0.0951 e. The Morgan fingerprint density at radius 2 is 2.09 bits per heavy atom. The highest BCUT2D eigenvalue weighted by Crippen LogP contribution is 2.43. The standard InChI is InChI=1S/C9H14OS/c10-9(5-1-2-6-9)8-4-3-7-11-8/h4,10H,1-3,5-7H2. The normalized spacial score (nSPS) is 29.0. The first kappa shape index (κ1) is 7.69. The molecule has 0 radical (unpaired) electrons. The quantitative estimate of drug-likeness (QED) is 0.651. The molecule has 0 aromatic heterocycles. The van der Waals surface area contributed by atoms with Gasteiger partial charge in [0.05, 0.1) is 5.60 Å². The number of thioether (sulfide) groups is 1. The van der Waals surface area contributed by atoms with Crippen LogP contribution in [0.2, 0.25) is 0 Å². The predicted octanol–water partition coefficient (Wildman–Crippen LogP) is 2.31. The number of aliphatic hydroxyl groups is 1. The van der Waals surface area contributed by atoms with Crippen LogP contribution in [0.3, 0.4) is 0 Å². The lowest BCUT2D eigenvalue weighted by molar-refractivity contribution is 0.0953. The zero-order chi connectivity index (χ0) is 7.73. The molecule has 0 amide bonds. The van der Waals surface area contributed by atoms with Crippen molar-refractivity contribution in [3.63, 3.8) is 0 Å². The molecule has 0 atom stereocenters. The second-order valence-electron chi connectivity index (χ2n) is 3.44. The molecule has 0 saturated heterocycles. The summed E-state index contributed by atoms with van der Waals surface area (Å²) in [6, 6.07) is 0. The first-order valence-corrected chi connectivity index (χ1v) is 5.36. The first-order chi connectivity index (χ1) is 5.31. The van der Waals surface area contributed by atoms with Crippen molar-refractivity contribution in [1.29, 1.82) is 0 Å². The number of hydrogen-bond acceptors (Lipinski definition) is 2. The summed E-state index contributed by atoms with van der Waals surface area (Å²) in [4.78, 5) is 1.26. The Labute approximate surface area is 71.9 Å². The molecule has 2 aliphatic rings. The van der Waals surface area contributed by atoms with Gasteiger partial charge in [-0.25, -0.2) is 0 Å². The largest absolute Gasteiger partial charge is 0.385 e. The van der Waals surface area contributed by atoms with Crippen molar-refractivity contribution in [2.45, 2.75) is 37.7 Å². The third kappa shape index (κ3) is 1.34. The Morgan fingerprint density at radius 3 is 2.64 bits per heavy atom. The third-order valence-corrected chi connectivity index (χ3v) is 3.89. The molecule has 0 unspecified atom stereocenters. The van der Waals surface area contributed by atoms with Crippen molar-refractivity contribution in [3.8, 4) is 0 Å². The van der Waals surface area contributed by atoms with Crippen LogP contribution < -0.4 is 0 Å². The van der Waals surface area contributed by atoms with E-state index < -0.39 is 5.60 Å². The van der Waals surface area contributed by atoms with Crippen molar-refractivity contribution in [2.24, 2.45) is 0 Å². The fraction of sp³-hybridized carbons (Fsp3) is 0.778. The summed E-state index contributed by atoms with van der Waals surface area (Å²) >= 11 is 1.85. The van der Waals surface area contributed by atoms with Crippen molar-refractivity contribution in [1.82, 2.24) is 0 Å². The molecule has 1 aliphatic heterocycles. The van der Waals surface area contributed by atoms with E-state index in [2.05, 4.69) is 6.08 Å². The molecular weight excluding hydrogens is 156 g/mol. The summed E-state index contributed by atoms with van der Waals surface area (Å²) in [5.41, 5.74) is -0.402. The second-order valence-corrected chi connectivity index (χ2v) is 4.58. The van der Waals surface area contributed by atoms with Gasteiger partial charge in [-0.3, -0.25) is 0 Å². The molecule has 1 aliphatic carbocycles. The van der Waals surface area contributed by atoms with Gasteiger partial charge in [-0.05, 0) is 19.3 Å². The van der Waals surface area contributed by atoms with Crippen LogP contribution in [0.15, 0.2) is 11.0 Å². The Hall–Kier alpha value is 0.0500. The SMILES string of the molecule is OC1(C2=CCCS2)CCCC1. The zero-order valence-electron chi connectivity index (χ0n) is 6.68. The van der Waals surface area contributed by atoms with Gasteiger partial charge in [0.2, 0.25) is 0 Å². The van der Waals surface area contributed by atoms with Crippen LogP contribution in [-0.4, -0.2) is 16.5 Å². The maximum atomic E-state index is 10.1. The summed E-state index contributed by atoms with van der Waals surface area (Å²) in [5.74, 6) is 1.18. The van der Waals surface area contributed by atoms with E-state index in [-0.39, 0.29) is 0 Å². The maximum Gasteiger partial charge on any atom is 0.0951 e. The van der Waals surface area contributed by atoms with Gasteiger partial charge in [0.25, 0.3) is 0 Å². The van der Waals surface area contributed by atoms with Crippen molar-refractivity contribution in [2.75, 3.05) is 5.75 Å². The molecular formula is C9H14OS. The van der Waals surface area contributed by atoms with E-state index in [4.69, 9.17) is 0 Å². The van der Waals surface area contributed by atoms with Crippen LogP contribution in [0.25, 0.3) is 0 Å². The predicted molar refractivity (Wildman–Crippen MR) is 48.6 cm³/mol. The summed E-state index contributed by atoms with van der Waals surface area (Å²) in [7, 11) is 0. The Kier molecular flexibility index (Phi) is 1.98. The average Bonchev–Trinajstić information content (AvgIpc) is 2.55. The van der Waals surface area contributed by atoms with Crippen LogP contribution in [-0.2, 0) is 0 Å². The van der Waals surface area contributed by atoms with Gasteiger partial charge >= 0.3 is 0 Å². The fourth-order valence-electron chi connectivity index (χ4n) is 1.95. The molecule has 2 heteroatoms. The molecule has 0 aromatic rings. The van der Waals surface area contributed by atoms with Gasteiger partial charge in [-0.1, -0.05) is 18.9 Å². The number of hydrogen-bond donors (Lipinski definition) is 1. The molecule has 1 saturated carbocycles. The molecule has 62 valence electrons. The lowest BCUT2D eigenvalue weighted by Crippen LogP contribution is -2.24. The number of rotatable bonds is 1. The highest BCUT2D eigenvalue weighted by Gasteiger charge is 2.36. The lowest BCUT2D eigenvalue weighted by atomic mass is 10.0. The number of allylic oxidation sites excluding steroid dienone is 1. The van der Waals surface area contributed by atoms with E-state index in [0.29, 0.717) is 0 Å². The highest BCUT2D eigenvalue weighted by atomic mass is 32.2. The van der Waals surface area contributed by atoms with Crippen LogP contribution in [0.1, 0.15) is 32.1 Å². The van der Waals surface area contributed by atoms with Crippen LogP contribution >= 0.6 is 11.8 Å². The molecule has 1 N–H and O–H groups in total. The molecule has 0 aromatic carbocycles. The average molecular weight is 170 g/mol. The molecule has 0 bridgehead atoms. The molecule has 1 nitrogen and oxygen atoms in total. The van der Waals surface area contributed by atoms with Crippen molar-refractivity contribution in [3.05, 3.63) is 11.0 Å². The lowest BCUT2D eigenvalue weighted by Gasteiger charge is -2.22. The van der Waals surface area contributed by atoms with E-state index in [9.17, 15) is 5.11 Å². The Morgan fingerprint density at radius 1 is 1.36 bits per heavy atom. The zero-order valence-corrected chi connectivity index (χ0v) is 7.49. The van der Waals surface area contributed by atoms with Crippen molar-refractivity contribution >= 4 is 11.8 Å². The molecule has 2 rings (SSSR count). The summed E-state index contributed by atoms with van der Waals surface area (Å²) in [6.45, 7) is 0. The first-order valence-electron chi connectivity index (χ1n) is 4.37. The van der Waals surface area contributed by atoms with Crippen molar-refractivity contribution < 1.29 is 5.11 Å². The van der Waals surface area contributed by atoms with E-state index >= 15 is 0 Å². The van der Waals surface area contributed by atoms with Crippen LogP contribution in [0.4, 0.5) is 0 Å². The summed E-state index contributed by atoms with van der Waals surface area (Å²) in [5, 5.41) is 10.1. The fourth-order valence-corrected chi connectivity index (χ4v) is 3.11. The molecule has 1 heterocycles.